The number of hydrogen-bond donors (Lipinski definition) is 0. The zero-order chi connectivity index (χ0) is 29.2. The average molecular weight is 566 g/mol. The van der Waals surface area contributed by atoms with Gasteiger partial charge in [-0.05, 0) is 30.0 Å². The summed E-state index contributed by atoms with van der Waals surface area (Å²) in [5.74, 6) is 0.00904. The second kappa shape index (κ2) is 12.0. The van der Waals surface area contributed by atoms with Crippen LogP contribution in [0.25, 0.3) is 11.0 Å². The standard InChI is InChI=1S/C33H39N7O2/c1-4-19-39-28(20-24-13-8-6-9-14-24)33(42)40-29(21-25-15-10-7-11-16-25)32(41)37(23-30(40)38(39)5-2)22-26-17-12-18-27-31(26)34-35-36(27)3/h6-18,28-30H,4-5,19-23H2,1-3H3/t28?,29-,30+/m0/s1. The second-order valence-corrected chi connectivity index (χ2v) is 11.3. The average Bonchev–Trinajstić information content (AvgIpc) is 3.40. The Kier molecular flexibility index (Phi) is 8.04. The van der Waals surface area contributed by atoms with Gasteiger partial charge in [-0.1, -0.05) is 91.9 Å². The fourth-order valence-electron chi connectivity index (χ4n) is 6.65. The smallest absolute Gasteiger partial charge is 0.246 e. The Hall–Kier alpha value is -4.08. The number of piperazine rings is 1. The Bertz CT molecular complexity index is 1540. The number of hydrazine groups is 1. The molecule has 0 N–H and O–H groups in total. The topological polar surface area (TPSA) is 77.8 Å². The highest BCUT2D eigenvalue weighted by molar-refractivity contribution is 5.92. The van der Waals surface area contributed by atoms with Gasteiger partial charge in [-0.3, -0.25) is 9.59 Å². The number of amides is 2. The lowest BCUT2D eigenvalue weighted by Crippen LogP contribution is -2.77. The van der Waals surface area contributed by atoms with Gasteiger partial charge in [-0.15, -0.1) is 5.10 Å². The van der Waals surface area contributed by atoms with E-state index in [-0.39, 0.29) is 24.0 Å². The Morgan fingerprint density at radius 2 is 1.45 bits per heavy atom. The molecule has 3 atom stereocenters. The van der Waals surface area contributed by atoms with Gasteiger partial charge in [0, 0.05) is 38.7 Å². The minimum atomic E-state index is -0.601. The van der Waals surface area contributed by atoms with Gasteiger partial charge < -0.3 is 9.80 Å². The molecule has 0 radical (unpaired) electrons. The number of aryl methyl sites for hydroxylation is 1. The second-order valence-electron chi connectivity index (χ2n) is 11.3. The number of rotatable bonds is 9. The fraction of sp³-hybridized carbons (Fsp3) is 0.394. The molecule has 2 aliphatic heterocycles. The predicted molar refractivity (Wildman–Crippen MR) is 162 cm³/mol. The van der Waals surface area contributed by atoms with Crippen molar-refractivity contribution < 1.29 is 9.59 Å². The molecule has 6 rings (SSSR count). The summed E-state index contributed by atoms with van der Waals surface area (Å²) in [6.07, 6.45) is 1.74. The van der Waals surface area contributed by atoms with E-state index in [1.54, 1.807) is 4.68 Å². The summed E-state index contributed by atoms with van der Waals surface area (Å²) in [5.41, 5.74) is 4.85. The van der Waals surface area contributed by atoms with Gasteiger partial charge in [0.2, 0.25) is 11.8 Å². The molecule has 9 heteroatoms. The molecule has 3 heterocycles. The van der Waals surface area contributed by atoms with Crippen LogP contribution in [0.15, 0.2) is 78.9 Å². The van der Waals surface area contributed by atoms with Crippen LogP contribution in [0.1, 0.15) is 37.0 Å². The van der Waals surface area contributed by atoms with E-state index in [1.165, 1.54) is 0 Å². The lowest BCUT2D eigenvalue weighted by Gasteiger charge is -2.58. The zero-order valence-electron chi connectivity index (χ0n) is 24.6. The van der Waals surface area contributed by atoms with Crippen molar-refractivity contribution in [1.82, 2.24) is 34.8 Å². The molecular weight excluding hydrogens is 526 g/mol. The van der Waals surface area contributed by atoms with Crippen molar-refractivity contribution in [3.8, 4) is 0 Å². The van der Waals surface area contributed by atoms with Crippen LogP contribution >= 0.6 is 0 Å². The van der Waals surface area contributed by atoms with Crippen molar-refractivity contribution in [2.24, 2.45) is 7.05 Å². The van der Waals surface area contributed by atoms with Crippen molar-refractivity contribution in [3.63, 3.8) is 0 Å². The minimum absolute atomic E-state index is 0.0252. The van der Waals surface area contributed by atoms with Crippen LogP contribution in [-0.2, 0) is 36.0 Å². The number of carbonyl (C=O) groups is 2. The number of aromatic nitrogens is 3. The number of nitrogens with zero attached hydrogens (tertiary/aromatic N) is 7. The van der Waals surface area contributed by atoms with Crippen LogP contribution in [-0.4, -0.2) is 84.5 Å². The molecule has 0 saturated carbocycles. The summed E-state index contributed by atoms with van der Waals surface area (Å²) in [5, 5.41) is 13.2. The largest absolute Gasteiger partial charge is 0.333 e. The Balaban J connectivity index is 1.39. The Labute approximate surface area is 247 Å². The molecule has 3 aromatic carbocycles. The molecular formula is C33H39N7O2. The molecule has 2 fully saturated rings. The van der Waals surface area contributed by atoms with Gasteiger partial charge in [-0.25, -0.2) is 14.7 Å². The molecule has 2 aliphatic rings. The summed E-state index contributed by atoms with van der Waals surface area (Å²) in [4.78, 5) is 32.8. The Morgan fingerprint density at radius 1 is 0.786 bits per heavy atom. The summed E-state index contributed by atoms with van der Waals surface area (Å²) in [6, 6.07) is 25.3. The van der Waals surface area contributed by atoms with Crippen LogP contribution in [0.3, 0.4) is 0 Å². The van der Waals surface area contributed by atoms with Crippen molar-refractivity contribution in [2.75, 3.05) is 19.6 Å². The molecule has 0 bridgehead atoms. The fourth-order valence-corrected chi connectivity index (χ4v) is 6.65. The zero-order valence-corrected chi connectivity index (χ0v) is 24.6. The molecule has 218 valence electrons. The van der Waals surface area contributed by atoms with E-state index in [0.717, 1.165) is 47.2 Å². The maximum absolute atomic E-state index is 14.6. The first-order valence-corrected chi connectivity index (χ1v) is 15.0. The van der Waals surface area contributed by atoms with E-state index < -0.39 is 6.04 Å². The third-order valence-electron chi connectivity index (χ3n) is 8.62. The molecule has 42 heavy (non-hydrogen) atoms. The molecule has 4 aromatic rings. The number of fused-ring (bicyclic) bond motifs is 2. The van der Waals surface area contributed by atoms with Crippen LogP contribution in [0, 0.1) is 0 Å². The summed E-state index contributed by atoms with van der Waals surface area (Å²) in [7, 11) is 1.87. The summed E-state index contributed by atoms with van der Waals surface area (Å²) >= 11 is 0. The van der Waals surface area contributed by atoms with Crippen molar-refractivity contribution >= 4 is 22.8 Å². The highest BCUT2D eigenvalue weighted by Gasteiger charge is 2.52. The maximum Gasteiger partial charge on any atom is 0.246 e. The summed E-state index contributed by atoms with van der Waals surface area (Å²) in [6.45, 7) is 6.65. The van der Waals surface area contributed by atoms with Gasteiger partial charge in [0.1, 0.15) is 23.8 Å². The van der Waals surface area contributed by atoms with Crippen LogP contribution < -0.4 is 0 Å². The third kappa shape index (κ3) is 5.18. The SMILES string of the molecule is CCCN1C(Cc2ccccc2)C(=O)N2[C@@H](Cc3ccccc3)C(=O)N(Cc3cccc4c3nnn4C)C[C@@H]2N1CC. The first-order chi connectivity index (χ1) is 20.5. The number of likely N-dealkylation sites (N-methyl/N-ethyl adjacent to an activating group) is 1. The maximum atomic E-state index is 14.6. The van der Waals surface area contributed by atoms with Crippen LogP contribution in [0.4, 0.5) is 0 Å². The molecule has 0 aliphatic carbocycles. The monoisotopic (exact) mass is 565 g/mol. The Morgan fingerprint density at radius 3 is 2.10 bits per heavy atom. The first kappa shape index (κ1) is 28.1. The van der Waals surface area contributed by atoms with Gasteiger partial charge >= 0.3 is 0 Å². The van der Waals surface area contributed by atoms with E-state index in [0.29, 0.717) is 25.9 Å². The van der Waals surface area contributed by atoms with Crippen LogP contribution in [0.5, 0.6) is 0 Å². The van der Waals surface area contributed by atoms with E-state index in [1.807, 2.05) is 83.6 Å². The third-order valence-corrected chi connectivity index (χ3v) is 8.62. The first-order valence-electron chi connectivity index (χ1n) is 15.0. The molecule has 2 amide bonds. The normalized spacial score (nSPS) is 21.7. The van der Waals surface area contributed by atoms with Gasteiger partial charge in [-0.2, -0.15) is 0 Å². The van der Waals surface area contributed by atoms with Gasteiger partial charge in [0.15, 0.2) is 0 Å². The van der Waals surface area contributed by atoms with Gasteiger partial charge in [0.25, 0.3) is 0 Å². The minimum Gasteiger partial charge on any atom is -0.333 e. The predicted octanol–water partition coefficient (Wildman–Crippen LogP) is 3.65. The van der Waals surface area contributed by atoms with E-state index >= 15 is 0 Å². The number of hydrogen-bond acceptors (Lipinski definition) is 6. The lowest BCUT2D eigenvalue weighted by atomic mass is 9.95. The highest BCUT2D eigenvalue weighted by Crippen LogP contribution is 2.33. The van der Waals surface area contributed by atoms with Crippen molar-refractivity contribution in [3.05, 3.63) is 95.6 Å². The molecule has 1 unspecified atom stereocenters. The summed E-state index contributed by atoms with van der Waals surface area (Å²) < 4.78 is 1.75. The van der Waals surface area contributed by atoms with E-state index in [4.69, 9.17) is 0 Å². The van der Waals surface area contributed by atoms with Gasteiger partial charge in [0.05, 0.1) is 12.1 Å². The quantitative estimate of drug-likeness (QED) is 0.308. The molecule has 0 spiro atoms. The number of benzene rings is 3. The van der Waals surface area contributed by atoms with Crippen molar-refractivity contribution in [1.29, 1.82) is 0 Å². The van der Waals surface area contributed by atoms with Crippen LogP contribution in [0.2, 0.25) is 0 Å². The molecule has 9 nitrogen and oxygen atoms in total. The number of carbonyl (C=O) groups excluding carboxylic acids is 2. The van der Waals surface area contributed by atoms with E-state index in [9.17, 15) is 9.59 Å². The highest BCUT2D eigenvalue weighted by atomic mass is 16.2. The molecule has 2 saturated heterocycles. The molecule has 1 aromatic heterocycles. The lowest BCUT2D eigenvalue weighted by molar-refractivity contribution is -0.216. The van der Waals surface area contributed by atoms with Crippen molar-refractivity contribution in [2.45, 2.75) is 57.9 Å². The van der Waals surface area contributed by atoms with E-state index in [2.05, 4.69) is 46.3 Å².